The number of hydrogen-bond donors (Lipinski definition) is 1. The molecule has 0 atom stereocenters. The zero-order valence-electron chi connectivity index (χ0n) is 17.2. The Bertz CT molecular complexity index is 973. The van der Waals surface area contributed by atoms with Crippen LogP contribution < -0.4 is 19.5 Å². The summed E-state index contributed by atoms with van der Waals surface area (Å²) in [5, 5.41) is 2.80. The lowest BCUT2D eigenvalue weighted by Gasteiger charge is -2.15. The van der Waals surface area contributed by atoms with Gasteiger partial charge in [-0.1, -0.05) is 6.07 Å². The van der Waals surface area contributed by atoms with Gasteiger partial charge in [-0.2, -0.15) is 0 Å². The predicted octanol–water partition coefficient (Wildman–Crippen LogP) is 1.94. The van der Waals surface area contributed by atoms with Crippen molar-refractivity contribution in [2.45, 2.75) is 11.3 Å². The molecule has 8 nitrogen and oxygen atoms in total. The van der Waals surface area contributed by atoms with E-state index in [0.717, 1.165) is 9.87 Å². The summed E-state index contributed by atoms with van der Waals surface area (Å²) in [4.78, 5) is 12.4. The number of amides is 1. The Morgan fingerprint density at radius 3 is 2.14 bits per heavy atom. The first kappa shape index (κ1) is 22.5. The maximum atomic E-state index is 12.5. The largest absolute Gasteiger partial charge is 0.495 e. The molecular formula is C20H26N2O6S. The van der Waals surface area contributed by atoms with Crippen LogP contribution in [0.1, 0.15) is 15.9 Å². The van der Waals surface area contributed by atoms with Crippen molar-refractivity contribution in [2.24, 2.45) is 0 Å². The van der Waals surface area contributed by atoms with Gasteiger partial charge in [0.1, 0.15) is 10.6 Å². The van der Waals surface area contributed by atoms with Crippen LogP contribution in [0.4, 0.5) is 0 Å². The molecule has 158 valence electrons. The van der Waals surface area contributed by atoms with Gasteiger partial charge in [0.05, 0.1) is 21.3 Å². The summed E-state index contributed by atoms with van der Waals surface area (Å²) in [5.41, 5.74) is 1.20. The number of methoxy groups -OCH3 is 3. The quantitative estimate of drug-likeness (QED) is 0.664. The summed E-state index contributed by atoms with van der Waals surface area (Å²) >= 11 is 0. The second-order valence-corrected chi connectivity index (χ2v) is 8.47. The van der Waals surface area contributed by atoms with Crippen molar-refractivity contribution in [3.8, 4) is 17.2 Å². The molecule has 29 heavy (non-hydrogen) atoms. The van der Waals surface area contributed by atoms with Crippen LogP contribution in [-0.4, -0.2) is 60.6 Å². The highest BCUT2D eigenvalue weighted by Gasteiger charge is 2.23. The SMILES string of the molecule is COc1ccc(CCNC(=O)c2ccc(OC)c(S(=O)(=O)N(C)C)c2)cc1OC. The van der Waals surface area contributed by atoms with Crippen LogP contribution in [0.25, 0.3) is 0 Å². The number of sulfonamides is 1. The van der Waals surface area contributed by atoms with E-state index in [2.05, 4.69) is 5.32 Å². The highest BCUT2D eigenvalue weighted by atomic mass is 32.2. The molecule has 0 aromatic heterocycles. The van der Waals surface area contributed by atoms with Gasteiger partial charge in [0, 0.05) is 26.2 Å². The first-order valence-corrected chi connectivity index (χ1v) is 10.3. The fraction of sp³-hybridized carbons (Fsp3) is 0.350. The van der Waals surface area contributed by atoms with Crippen LogP contribution in [0.15, 0.2) is 41.3 Å². The molecule has 0 aliphatic heterocycles. The third kappa shape index (κ3) is 5.18. The van der Waals surface area contributed by atoms with Crippen molar-refractivity contribution in [1.29, 1.82) is 0 Å². The fourth-order valence-corrected chi connectivity index (χ4v) is 3.75. The topological polar surface area (TPSA) is 94.2 Å². The maximum absolute atomic E-state index is 12.5. The molecule has 0 saturated carbocycles. The molecule has 1 amide bonds. The molecule has 0 heterocycles. The summed E-state index contributed by atoms with van der Waals surface area (Å²) in [5.74, 6) is 1.06. The van der Waals surface area contributed by atoms with E-state index in [1.807, 2.05) is 12.1 Å². The number of nitrogens with zero attached hydrogens (tertiary/aromatic N) is 1. The number of carbonyl (C=O) groups is 1. The third-order valence-electron chi connectivity index (χ3n) is 4.33. The first-order chi connectivity index (χ1) is 13.7. The van der Waals surface area contributed by atoms with Gasteiger partial charge in [-0.3, -0.25) is 4.79 Å². The smallest absolute Gasteiger partial charge is 0.251 e. The van der Waals surface area contributed by atoms with Gasteiger partial charge >= 0.3 is 0 Å². The molecule has 0 spiro atoms. The molecule has 1 N–H and O–H groups in total. The van der Waals surface area contributed by atoms with Crippen molar-refractivity contribution >= 4 is 15.9 Å². The average molecular weight is 423 g/mol. The molecule has 2 rings (SSSR count). The van der Waals surface area contributed by atoms with Crippen LogP contribution >= 0.6 is 0 Å². The molecule has 0 radical (unpaired) electrons. The molecule has 0 unspecified atom stereocenters. The monoisotopic (exact) mass is 422 g/mol. The zero-order valence-corrected chi connectivity index (χ0v) is 18.0. The summed E-state index contributed by atoms with van der Waals surface area (Å²) in [6, 6.07) is 9.86. The van der Waals surface area contributed by atoms with Gasteiger partial charge in [-0.25, -0.2) is 12.7 Å². The van der Waals surface area contributed by atoms with Gasteiger partial charge in [-0.05, 0) is 42.3 Å². The molecule has 0 saturated heterocycles. The van der Waals surface area contributed by atoms with Gasteiger partial charge in [0.15, 0.2) is 11.5 Å². The van der Waals surface area contributed by atoms with Gasteiger partial charge < -0.3 is 19.5 Å². The summed E-state index contributed by atoms with van der Waals surface area (Å²) in [6.07, 6.45) is 0.575. The molecule has 0 fully saturated rings. The molecule has 2 aromatic rings. The van der Waals surface area contributed by atoms with Crippen molar-refractivity contribution in [3.63, 3.8) is 0 Å². The number of ether oxygens (including phenoxy) is 3. The Labute approximate surface area is 171 Å². The van der Waals surface area contributed by atoms with Crippen molar-refractivity contribution in [2.75, 3.05) is 42.0 Å². The van der Waals surface area contributed by atoms with E-state index in [0.29, 0.717) is 24.5 Å². The lowest BCUT2D eigenvalue weighted by Crippen LogP contribution is -2.27. The van der Waals surface area contributed by atoms with Gasteiger partial charge in [0.25, 0.3) is 5.91 Å². The highest BCUT2D eigenvalue weighted by molar-refractivity contribution is 7.89. The predicted molar refractivity (Wildman–Crippen MR) is 109 cm³/mol. The van der Waals surface area contributed by atoms with Crippen molar-refractivity contribution < 1.29 is 27.4 Å². The Morgan fingerprint density at radius 1 is 0.931 bits per heavy atom. The highest BCUT2D eigenvalue weighted by Crippen LogP contribution is 2.28. The standard InChI is InChI=1S/C20H26N2O6S/c1-22(2)29(24,25)19-13-15(7-9-17(19)27-4)20(23)21-11-10-14-6-8-16(26-3)18(12-14)28-5/h6-9,12-13H,10-11H2,1-5H3,(H,21,23). The number of hydrogen-bond acceptors (Lipinski definition) is 6. The number of rotatable bonds is 9. The van der Waals surface area contributed by atoms with Crippen LogP contribution in [-0.2, 0) is 16.4 Å². The van der Waals surface area contributed by atoms with E-state index in [-0.39, 0.29) is 22.1 Å². The maximum Gasteiger partial charge on any atom is 0.251 e. The molecule has 9 heteroatoms. The van der Waals surface area contributed by atoms with E-state index >= 15 is 0 Å². The lowest BCUT2D eigenvalue weighted by atomic mass is 10.1. The summed E-state index contributed by atoms with van der Waals surface area (Å²) in [7, 11) is 3.60. The fourth-order valence-electron chi connectivity index (χ4n) is 2.67. The normalized spacial score (nSPS) is 11.2. The van der Waals surface area contributed by atoms with Gasteiger partial charge in [0.2, 0.25) is 10.0 Å². The van der Waals surface area contributed by atoms with Crippen LogP contribution in [0.3, 0.4) is 0 Å². The molecular weight excluding hydrogens is 396 g/mol. The van der Waals surface area contributed by atoms with Crippen LogP contribution in [0, 0.1) is 0 Å². The van der Waals surface area contributed by atoms with E-state index in [9.17, 15) is 13.2 Å². The Kier molecular flexibility index (Phi) is 7.46. The minimum Gasteiger partial charge on any atom is -0.495 e. The number of nitrogens with one attached hydrogen (secondary N) is 1. The third-order valence-corrected chi connectivity index (χ3v) is 6.17. The number of benzene rings is 2. The van der Waals surface area contributed by atoms with E-state index in [4.69, 9.17) is 14.2 Å². The molecule has 0 bridgehead atoms. The van der Waals surface area contributed by atoms with E-state index in [1.165, 1.54) is 39.4 Å². The Balaban J connectivity index is 2.12. The molecule has 2 aromatic carbocycles. The zero-order chi connectivity index (χ0) is 21.6. The molecule has 0 aliphatic carbocycles. The second-order valence-electron chi connectivity index (χ2n) is 6.35. The van der Waals surface area contributed by atoms with Crippen LogP contribution in [0.5, 0.6) is 17.2 Å². The average Bonchev–Trinajstić information content (AvgIpc) is 2.72. The van der Waals surface area contributed by atoms with Crippen molar-refractivity contribution in [3.05, 3.63) is 47.5 Å². The van der Waals surface area contributed by atoms with E-state index in [1.54, 1.807) is 20.3 Å². The van der Waals surface area contributed by atoms with E-state index < -0.39 is 10.0 Å². The minimum atomic E-state index is -3.75. The Morgan fingerprint density at radius 2 is 1.55 bits per heavy atom. The number of carbonyl (C=O) groups excluding carboxylic acids is 1. The van der Waals surface area contributed by atoms with Gasteiger partial charge in [-0.15, -0.1) is 0 Å². The Hall–Kier alpha value is -2.78. The summed E-state index contributed by atoms with van der Waals surface area (Å²) < 4.78 is 41.7. The van der Waals surface area contributed by atoms with Crippen LogP contribution in [0.2, 0.25) is 0 Å². The molecule has 0 aliphatic rings. The van der Waals surface area contributed by atoms with Crippen molar-refractivity contribution in [1.82, 2.24) is 9.62 Å². The second kappa shape index (κ2) is 9.62. The summed E-state index contributed by atoms with van der Waals surface area (Å²) in [6.45, 7) is 0.371. The lowest BCUT2D eigenvalue weighted by molar-refractivity contribution is 0.0954. The minimum absolute atomic E-state index is 0.0578. The first-order valence-electron chi connectivity index (χ1n) is 8.84.